The van der Waals surface area contributed by atoms with Crippen molar-refractivity contribution in [3.63, 3.8) is 0 Å². The Hall–Kier alpha value is -0.238. The van der Waals surface area contributed by atoms with E-state index in [-0.39, 0.29) is 63.0 Å². The fourth-order valence-corrected chi connectivity index (χ4v) is 3.94. The molecule has 0 aromatic rings. The smallest absolute Gasteiger partial charge is 0.411 e. The van der Waals surface area contributed by atoms with E-state index < -0.39 is 53.3 Å². The molecule has 9 nitrogen and oxygen atoms in total. The molecule has 0 aromatic heterocycles. The number of nitrogens with zero attached hydrogens (tertiary/aromatic N) is 1. The zero-order chi connectivity index (χ0) is 26.5. The molecule has 1 unspecified atom stereocenters. The van der Waals surface area contributed by atoms with Crippen LogP contribution < -0.4 is 0 Å². The summed E-state index contributed by atoms with van der Waals surface area (Å²) >= 11 is 0. The second-order valence-electron chi connectivity index (χ2n) is 11.0. The first-order chi connectivity index (χ1) is 15.4. The predicted octanol–water partition coefficient (Wildman–Crippen LogP) is 4.47. The molecular formula is C25H45AcN2O7-. The Kier molecular flexibility index (Phi) is 14.0. The third kappa shape index (κ3) is 11.0. The monoisotopic (exact) mass is 712 g/mol. The van der Waals surface area contributed by atoms with E-state index in [1.54, 1.807) is 48.5 Å². The number of allylic oxidation sites excluding steroid dienone is 1. The molecule has 1 heterocycles. The summed E-state index contributed by atoms with van der Waals surface area (Å²) in [6.07, 6.45) is 2.64. The molecule has 1 fully saturated rings. The van der Waals surface area contributed by atoms with Crippen molar-refractivity contribution in [2.24, 2.45) is 5.92 Å². The van der Waals surface area contributed by atoms with Gasteiger partial charge in [-0.25, -0.2) is 9.59 Å². The van der Waals surface area contributed by atoms with E-state index >= 15 is 0 Å². The first-order valence-electron chi connectivity index (χ1n) is 12.0. The van der Waals surface area contributed by atoms with Gasteiger partial charge in [-0.15, -0.1) is 0 Å². The number of nitrogens with one attached hydrogen (secondary N) is 1. The third-order valence-corrected chi connectivity index (χ3v) is 5.34. The second-order valence-corrected chi connectivity index (χ2v) is 11.0. The Morgan fingerprint density at radius 3 is 2.09 bits per heavy atom. The average molecular weight is 713 g/mol. The van der Waals surface area contributed by atoms with Crippen molar-refractivity contribution >= 4 is 12.1 Å². The molecule has 201 valence electrons. The van der Waals surface area contributed by atoms with E-state index in [9.17, 15) is 14.7 Å². The summed E-state index contributed by atoms with van der Waals surface area (Å²) < 4.78 is 22.2. The van der Waals surface area contributed by atoms with Crippen molar-refractivity contribution in [1.29, 1.82) is 0 Å². The van der Waals surface area contributed by atoms with E-state index in [4.69, 9.17) is 24.7 Å². The molecule has 6 atom stereocenters. The summed E-state index contributed by atoms with van der Waals surface area (Å²) in [4.78, 5) is 27.8. The maximum absolute atomic E-state index is 13.3. The Morgan fingerprint density at radius 2 is 1.63 bits per heavy atom. The number of hydrogen-bond donors (Lipinski definition) is 1. The normalized spacial score (nSPS) is 24.5. The molecule has 1 radical (unpaired) electrons. The quantitative estimate of drug-likeness (QED) is 0.213. The maximum Gasteiger partial charge on any atom is 0.411 e. The number of carbonyl (C=O) groups is 2. The van der Waals surface area contributed by atoms with Crippen LogP contribution in [0.3, 0.4) is 0 Å². The van der Waals surface area contributed by atoms with Gasteiger partial charge < -0.3 is 29.8 Å². The first kappa shape index (κ1) is 34.8. The van der Waals surface area contributed by atoms with Crippen molar-refractivity contribution in [2.75, 3.05) is 13.2 Å². The van der Waals surface area contributed by atoms with Crippen LogP contribution >= 0.6 is 0 Å². The van der Waals surface area contributed by atoms with Gasteiger partial charge in [0.05, 0.1) is 12.2 Å². The minimum Gasteiger partial charge on any atom is -0.671 e. The average Bonchev–Trinajstić information content (AvgIpc) is 3.03. The Balaban J connectivity index is 0.0000116. The summed E-state index contributed by atoms with van der Waals surface area (Å²) in [5.74, 6) is -0.934. The molecule has 0 aromatic carbocycles. The maximum atomic E-state index is 13.3. The van der Waals surface area contributed by atoms with Crippen molar-refractivity contribution in [3.8, 4) is 0 Å². The molecule has 0 bridgehead atoms. The molecule has 1 rings (SSSR count). The van der Waals surface area contributed by atoms with E-state index in [0.717, 1.165) is 0 Å². The number of aliphatic hydroxyl groups is 1. The number of rotatable bonds is 9. The van der Waals surface area contributed by atoms with Crippen molar-refractivity contribution < 1.29 is 77.7 Å². The molecule has 1 amide bonds. The van der Waals surface area contributed by atoms with Gasteiger partial charge in [-0.2, -0.15) is 0 Å². The number of esters is 1. The van der Waals surface area contributed by atoms with E-state index in [1.165, 1.54) is 11.8 Å². The summed E-state index contributed by atoms with van der Waals surface area (Å²) in [6, 6.07) is -3.00. The fourth-order valence-electron chi connectivity index (χ4n) is 3.94. The zero-order valence-electron chi connectivity index (χ0n) is 23.1. The molecule has 0 spiro atoms. The first-order valence-corrected chi connectivity index (χ1v) is 12.0. The van der Waals surface area contributed by atoms with Gasteiger partial charge >= 0.3 is 12.1 Å². The van der Waals surface area contributed by atoms with Gasteiger partial charge in [0.25, 0.3) is 0 Å². The molecule has 1 aliphatic rings. The predicted molar refractivity (Wildman–Crippen MR) is 130 cm³/mol. The van der Waals surface area contributed by atoms with Crippen LogP contribution in [0.2, 0.25) is 0 Å². The standard InChI is InChI=1S/C25H45N2O7.Ac/c1-11-13-17-14-18(21(28)33-23(4,5)6)27(22(29)34-24(7,8)9)19(17)20(26)25(10,30)15-32-16(3)31-12-2;/h11,13,16-20,26,30H,12,14-15H2,1-10H3;/q-1;/b13-11-;/t16?,17-,18-,19-,20-,25+;/m1./s1. The van der Waals surface area contributed by atoms with Gasteiger partial charge in [-0.05, 0) is 81.6 Å². The summed E-state index contributed by atoms with van der Waals surface area (Å²) in [6.45, 7) is 17.6. The molecule has 0 saturated carbocycles. The molecular weight excluding hydrogens is 667 g/mol. The van der Waals surface area contributed by atoms with Crippen molar-refractivity contribution in [1.82, 2.24) is 4.90 Å². The molecule has 1 saturated heterocycles. The summed E-state index contributed by atoms with van der Waals surface area (Å²) in [5.41, 5.74) is 5.79. The van der Waals surface area contributed by atoms with Crippen LogP contribution in [0.1, 0.15) is 75.7 Å². The Morgan fingerprint density at radius 1 is 1.09 bits per heavy atom. The Labute approximate surface area is 247 Å². The van der Waals surface area contributed by atoms with E-state index in [0.29, 0.717) is 6.61 Å². The van der Waals surface area contributed by atoms with Crippen molar-refractivity contribution in [2.45, 2.75) is 117 Å². The Bertz CT molecular complexity index is 716. The van der Waals surface area contributed by atoms with E-state index in [2.05, 4.69) is 0 Å². The number of amides is 1. The van der Waals surface area contributed by atoms with E-state index in [1.807, 2.05) is 26.0 Å². The SMILES string of the molecule is C/C=C\[C@@H]1C[C@H](C(=O)OC(C)(C)C)N(C(=O)OC(C)(C)C)[C@H]1[C@@H]([NH-])[C@@](C)(O)COC(C)OCC.[Ac]. The third-order valence-electron chi connectivity index (χ3n) is 5.34. The van der Waals surface area contributed by atoms with Crippen LogP contribution in [0.4, 0.5) is 4.79 Å². The molecule has 2 N–H and O–H groups in total. The van der Waals surface area contributed by atoms with Gasteiger partial charge in [0.15, 0.2) is 6.29 Å². The van der Waals surface area contributed by atoms with Crippen LogP contribution in [0.5, 0.6) is 0 Å². The molecule has 35 heavy (non-hydrogen) atoms. The van der Waals surface area contributed by atoms with Gasteiger partial charge in [-0.1, -0.05) is 18.2 Å². The number of ether oxygens (including phenoxy) is 4. The fraction of sp³-hybridized carbons (Fsp3) is 0.840. The zero-order valence-corrected chi connectivity index (χ0v) is 27.8. The van der Waals surface area contributed by atoms with Crippen LogP contribution in [0, 0.1) is 50.0 Å². The van der Waals surface area contributed by atoms with Gasteiger partial charge in [-0.3, -0.25) is 4.90 Å². The minimum atomic E-state index is -1.64. The minimum absolute atomic E-state index is 0. The largest absolute Gasteiger partial charge is 0.671 e. The molecule has 1 aliphatic heterocycles. The molecule has 10 heteroatoms. The number of likely N-dealkylation sites (tertiary alicyclic amines) is 1. The van der Waals surface area contributed by atoms with Gasteiger partial charge in [0, 0.05) is 56.7 Å². The number of carbonyl (C=O) groups excluding carboxylic acids is 2. The summed E-state index contributed by atoms with van der Waals surface area (Å²) in [7, 11) is 0. The van der Waals surface area contributed by atoms with Crippen LogP contribution in [-0.4, -0.2) is 76.5 Å². The van der Waals surface area contributed by atoms with Gasteiger partial charge in [0.2, 0.25) is 0 Å². The summed E-state index contributed by atoms with van der Waals surface area (Å²) in [5, 5.41) is 11.2. The van der Waals surface area contributed by atoms with Crippen LogP contribution in [0.25, 0.3) is 5.73 Å². The topological polar surface area (TPSA) is 118 Å². The van der Waals surface area contributed by atoms with Gasteiger partial charge in [0.1, 0.15) is 17.2 Å². The second kappa shape index (κ2) is 14.1. The van der Waals surface area contributed by atoms with Crippen LogP contribution in [0.15, 0.2) is 12.2 Å². The molecule has 0 aliphatic carbocycles. The number of hydrogen-bond acceptors (Lipinski definition) is 7. The van der Waals surface area contributed by atoms with Crippen LogP contribution in [-0.2, 0) is 23.7 Å². The van der Waals surface area contributed by atoms with Crippen molar-refractivity contribution in [3.05, 3.63) is 17.9 Å².